The van der Waals surface area contributed by atoms with E-state index in [0.717, 1.165) is 42.4 Å². The van der Waals surface area contributed by atoms with E-state index in [1.807, 2.05) is 32.2 Å². The number of aryl methyl sites for hydroxylation is 1. The van der Waals surface area contributed by atoms with E-state index >= 15 is 0 Å². The average molecular weight is 345 g/mol. The summed E-state index contributed by atoms with van der Waals surface area (Å²) in [4.78, 5) is 8.96. The largest absolute Gasteiger partial charge is 0.378 e. The van der Waals surface area contributed by atoms with E-state index in [0.29, 0.717) is 12.5 Å². The molecule has 0 fully saturated rings. The molecule has 2 rings (SSSR count). The Morgan fingerprint density at radius 2 is 2.04 bits per heavy atom. The number of aliphatic imine (C=N–C) groups is 1. The van der Waals surface area contributed by atoms with E-state index in [4.69, 9.17) is 4.74 Å². The summed E-state index contributed by atoms with van der Waals surface area (Å²) in [6.45, 7) is 8.63. The lowest BCUT2D eigenvalue weighted by molar-refractivity contribution is 0.0258. The number of benzene rings is 1. The number of guanidine groups is 1. The molecule has 0 amide bonds. The maximum Gasteiger partial charge on any atom is 0.191 e. The van der Waals surface area contributed by atoms with Crippen molar-refractivity contribution in [3.05, 3.63) is 30.1 Å². The third-order valence-corrected chi connectivity index (χ3v) is 4.36. The minimum Gasteiger partial charge on any atom is -0.378 e. The van der Waals surface area contributed by atoms with Gasteiger partial charge in [0.25, 0.3) is 0 Å². The first-order valence-electron chi connectivity index (χ1n) is 9.03. The molecule has 0 saturated carbocycles. The number of rotatable bonds is 8. The van der Waals surface area contributed by atoms with Crippen molar-refractivity contribution in [1.82, 2.24) is 20.2 Å². The molecule has 0 saturated heterocycles. The molecule has 0 aliphatic heterocycles. The molecule has 1 aromatic heterocycles. The van der Waals surface area contributed by atoms with E-state index in [2.05, 4.69) is 45.1 Å². The highest BCUT2D eigenvalue weighted by atomic mass is 16.5. The number of fused-ring (bicyclic) bond motifs is 1. The Kier molecular flexibility index (Phi) is 7.25. The van der Waals surface area contributed by atoms with Crippen LogP contribution in [0.15, 0.2) is 29.3 Å². The van der Waals surface area contributed by atoms with Crippen LogP contribution in [-0.2, 0) is 18.3 Å². The molecular formula is C19H31N5O. The molecule has 138 valence electrons. The first kappa shape index (κ1) is 19.2. The lowest BCUT2D eigenvalue weighted by Gasteiger charge is -2.21. The van der Waals surface area contributed by atoms with Gasteiger partial charge in [0.1, 0.15) is 5.82 Å². The van der Waals surface area contributed by atoms with Gasteiger partial charge in [0, 0.05) is 27.2 Å². The number of hydrogen-bond acceptors (Lipinski definition) is 3. The zero-order valence-corrected chi connectivity index (χ0v) is 16.0. The summed E-state index contributed by atoms with van der Waals surface area (Å²) in [7, 11) is 3.82. The number of hydrogen-bond donors (Lipinski definition) is 2. The fourth-order valence-corrected chi connectivity index (χ4v) is 2.89. The molecule has 25 heavy (non-hydrogen) atoms. The van der Waals surface area contributed by atoms with Gasteiger partial charge in [0.05, 0.1) is 23.7 Å². The fraction of sp³-hybridized carbons (Fsp3) is 0.579. The van der Waals surface area contributed by atoms with E-state index in [9.17, 15) is 0 Å². The molecule has 2 N–H and O–H groups in total. The average Bonchev–Trinajstić information content (AvgIpc) is 2.93. The highest BCUT2D eigenvalue weighted by Gasteiger charge is 2.13. The first-order valence-corrected chi connectivity index (χ1v) is 9.03. The van der Waals surface area contributed by atoms with Crippen LogP contribution in [0.3, 0.4) is 0 Å². The number of aromatic nitrogens is 2. The summed E-state index contributed by atoms with van der Waals surface area (Å²) in [6.07, 6.45) is 1.23. The van der Waals surface area contributed by atoms with Crippen LogP contribution in [0.2, 0.25) is 0 Å². The quantitative estimate of drug-likeness (QED) is 0.570. The molecule has 0 aliphatic rings. The third-order valence-electron chi connectivity index (χ3n) is 4.36. The number of nitrogens with zero attached hydrogens (tertiary/aromatic N) is 3. The second-order valence-corrected chi connectivity index (χ2v) is 6.45. The highest BCUT2D eigenvalue weighted by molar-refractivity contribution is 5.80. The summed E-state index contributed by atoms with van der Waals surface area (Å²) in [5.41, 5.74) is 2.15. The Bertz CT molecular complexity index is 692. The van der Waals surface area contributed by atoms with Crippen LogP contribution < -0.4 is 10.6 Å². The summed E-state index contributed by atoms with van der Waals surface area (Å²) in [5, 5.41) is 6.70. The minimum absolute atomic E-state index is 0.274. The molecule has 0 aliphatic carbocycles. The summed E-state index contributed by atoms with van der Waals surface area (Å²) in [6, 6.07) is 8.16. The second kappa shape index (κ2) is 9.42. The van der Waals surface area contributed by atoms with Gasteiger partial charge < -0.3 is 19.9 Å². The van der Waals surface area contributed by atoms with Gasteiger partial charge in [0.15, 0.2) is 5.96 Å². The van der Waals surface area contributed by atoms with Crippen LogP contribution >= 0.6 is 0 Å². The maximum atomic E-state index is 5.78. The molecule has 1 atom stereocenters. The molecule has 6 nitrogen and oxygen atoms in total. The zero-order chi connectivity index (χ0) is 18.2. The van der Waals surface area contributed by atoms with Gasteiger partial charge in [-0.1, -0.05) is 26.0 Å². The Hall–Kier alpha value is -2.08. The Labute approximate surface area is 150 Å². The van der Waals surface area contributed by atoms with Crippen molar-refractivity contribution in [2.45, 2.75) is 39.8 Å². The monoisotopic (exact) mass is 345 g/mol. The van der Waals surface area contributed by atoms with E-state index < -0.39 is 0 Å². The van der Waals surface area contributed by atoms with Gasteiger partial charge in [-0.2, -0.15) is 0 Å². The first-order chi connectivity index (χ1) is 12.1. The van der Waals surface area contributed by atoms with E-state index in [-0.39, 0.29) is 6.10 Å². The van der Waals surface area contributed by atoms with Gasteiger partial charge in [-0.05, 0) is 31.4 Å². The van der Waals surface area contributed by atoms with E-state index in [1.165, 1.54) is 0 Å². The topological polar surface area (TPSA) is 63.5 Å². The predicted octanol–water partition coefficient (Wildman–Crippen LogP) is 2.69. The molecule has 0 radical (unpaired) electrons. The lowest BCUT2D eigenvalue weighted by Crippen LogP contribution is -2.39. The number of para-hydroxylation sites is 2. The van der Waals surface area contributed by atoms with Gasteiger partial charge in [0.2, 0.25) is 0 Å². The SMILES string of the molecule is CCOC(CCNC(=NC)NCc1nc2ccccc2n1C)C(C)C. The van der Waals surface area contributed by atoms with Crippen LogP contribution in [0.4, 0.5) is 0 Å². The van der Waals surface area contributed by atoms with Crippen molar-refractivity contribution >= 4 is 17.0 Å². The number of ether oxygens (including phenoxy) is 1. The van der Waals surface area contributed by atoms with Crippen LogP contribution in [-0.4, -0.2) is 41.8 Å². The molecule has 1 heterocycles. The normalized spacial score (nSPS) is 13.4. The minimum atomic E-state index is 0.274. The van der Waals surface area contributed by atoms with Crippen LogP contribution in [0.5, 0.6) is 0 Å². The highest BCUT2D eigenvalue weighted by Crippen LogP contribution is 2.14. The van der Waals surface area contributed by atoms with Crippen molar-refractivity contribution in [2.24, 2.45) is 18.0 Å². The maximum absolute atomic E-state index is 5.78. The zero-order valence-electron chi connectivity index (χ0n) is 16.0. The van der Waals surface area contributed by atoms with Gasteiger partial charge in [-0.15, -0.1) is 0 Å². The molecule has 1 aromatic carbocycles. The summed E-state index contributed by atoms with van der Waals surface area (Å²) in [5.74, 6) is 2.28. The fourth-order valence-electron chi connectivity index (χ4n) is 2.89. The molecule has 2 aromatic rings. The van der Waals surface area contributed by atoms with Crippen molar-refractivity contribution in [1.29, 1.82) is 0 Å². The molecular weight excluding hydrogens is 314 g/mol. The van der Waals surface area contributed by atoms with Crippen molar-refractivity contribution in [3.8, 4) is 0 Å². The molecule has 1 unspecified atom stereocenters. The van der Waals surface area contributed by atoms with Crippen molar-refractivity contribution < 1.29 is 4.74 Å². The van der Waals surface area contributed by atoms with Crippen molar-refractivity contribution in [3.63, 3.8) is 0 Å². The van der Waals surface area contributed by atoms with Crippen LogP contribution in [0, 0.1) is 5.92 Å². The van der Waals surface area contributed by atoms with E-state index in [1.54, 1.807) is 7.05 Å². The predicted molar refractivity (Wildman–Crippen MR) is 104 cm³/mol. The Morgan fingerprint density at radius 3 is 2.68 bits per heavy atom. The van der Waals surface area contributed by atoms with Gasteiger partial charge >= 0.3 is 0 Å². The van der Waals surface area contributed by atoms with Crippen LogP contribution in [0.25, 0.3) is 11.0 Å². The van der Waals surface area contributed by atoms with Crippen molar-refractivity contribution in [2.75, 3.05) is 20.2 Å². The lowest BCUT2D eigenvalue weighted by atomic mass is 10.0. The van der Waals surface area contributed by atoms with Gasteiger partial charge in [-0.3, -0.25) is 4.99 Å². The second-order valence-electron chi connectivity index (χ2n) is 6.45. The summed E-state index contributed by atoms with van der Waals surface area (Å²) < 4.78 is 7.89. The smallest absolute Gasteiger partial charge is 0.191 e. The summed E-state index contributed by atoms with van der Waals surface area (Å²) >= 11 is 0. The van der Waals surface area contributed by atoms with Gasteiger partial charge in [-0.25, -0.2) is 4.98 Å². The number of imidazole rings is 1. The Morgan fingerprint density at radius 1 is 1.28 bits per heavy atom. The molecule has 0 spiro atoms. The number of nitrogens with one attached hydrogen (secondary N) is 2. The Balaban J connectivity index is 1.86. The third kappa shape index (κ3) is 5.19. The molecule has 6 heteroatoms. The standard InChI is InChI=1S/C19H31N5O/c1-6-25-17(14(2)3)11-12-21-19(20-4)22-13-18-23-15-9-7-8-10-16(15)24(18)5/h7-10,14,17H,6,11-13H2,1-5H3,(H2,20,21,22). The van der Waals surface area contributed by atoms with Crippen LogP contribution in [0.1, 0.15) is 33.0 Å². The molecule has 0 bridgehead atoms.